The number of nitrogens with one attached hydrogen (secondary N) is 2. The first-order valence-electron chi connectivity index (χ1n) is 5.34. The van der Waals surface area contributed by atoms with Gasteiger partial charge in [-0.3, -0.25) is 5.43 Å². The lowest BCUT2D eigenvalue weighted by Gasteiger charge is -2.14. The Morgan fingerprint density at radius 3 is 2.50 bits per heavy atom. The van der Waals surface area contributed by atoms with Gasteiger partial charge in [-0.25, -0.2) is 15.2 Å². The third kappa shape index (κ3) is 2.94. The van der Waals surface area contributed by atoms with E-state index in [-0.39, 0.29) is 11.6 Å². The monoisotopic (exact) mass is 287 g/mol. The summed E-state index contributed by atoms with van der Waals surface area (Å²) in [7, 11) is 0. The number of nitrogen functional groups attached to an aromatic ring is 1. The van der Waals surface area contributed by atoms with Crippen molar-refractivity contribution in [1.29, 1.82) is 0 Å². The first-order valence-corrected chi connectivity index (χ1v) is 5.34. The highest BCUT2D eigenvalue weighted by Gasteiger charge is 2.33. The number of rotatable bonds is 3. The Balaban J connectivity index is 2.40. The fraction of sp³-hybridized carbons (Fsp3) is 0.0909. The molecule has 2 rings (SSSR count). The molecule has 106 valence electrons. The lowest BCUT2D eigenvalue weighted by molar-refractivity contribution is -0.136. The van der Waals surface area contributed by atoms with Crippen LogP contribution in [-0.2, 0) is 6.18 Å². The number of hydrogen-bond acceptors (Lipinski definition) is 5. The van der Waals surface area contributed by atoms with E-state index in [1.54, 1.807) is 0 Å². The Labute approximate surface area is 110 Å². The Bertz CT molecular complexity index is 614. The normalized spacial score (nSPS) is 11.2. The van der Waals surface area contributed by atoms with Gasteiger partial charge in [0, 0.05) is 0 Å². The van der Waals surface area contributed by atoms with Gasteiger partial charge in [0.2, 0.25) is 5.95 Å². The van der Waals surface area contributed by atoms with Gasteiger partial charge in [-0.05, 0) is 12.1 Å². The molecule has 0 saturated carbocycles. The molecular formula is C11H9F4N5. The summed E-state index contributed by atoms with van der Waals surface area (Å²) in [5, 5.41) is 2.28. The lowest BCUT2D eigenvalue weighted by atomic mass is 10.1. The summed E-state index contributed by atoms with van der Waals surface area (Å²) in [6.45, 7) is 0. The van der Waals surface area contributed by atoms with Crippen LogP contribution in [-0.4, -0.2) is 9.97 Å². The van der Waals surface area contributed by atoms with Crippen LogP contribution in [0.3, 0.4) is 0 Å². The molecule has 1 heterocycles. The summed E-state index contributed by atoms with van der Waals surface area (Å²) in [5.41, 5.74) is 0.825. The number of anilines is 3. The molecule has 0 bridgehead atoms. The van der Waals surface area contributed by atoms with Crippen molar-refractivity contribution in [3.8, 4) is 0 Å². The van der Waals surface area contributed by atoms with Crippen LogP contribution in [0.25, 0.3) is 0 Å². The standard InChI is InChI=1S/C11H9F4N5/c12-7-5-17-10(20-16)19-9(7)18-8-4-2-1-3-6(8)11(13,14)15/h1-5H,16H2,(H2,17,18,19,20). The molecule has 0 aliphatic rings. The van der Waals surface area contributed by atoms with E-state index in [4.69, 9.17) is 5.84 Å². The topological polar surface area (TPSA) is 75.9 Å². The average molecular weight is 287 g/mol. The molecule has 0 aliphatic heterocycles. The second-order valence-electron chi connectivity index (χ2n) is 3.70. The number of nitrogens with zero attached hydrogens (tertiary/aromatic N) is 2. The first kappa shape index (κ1) is 14.0. The molecule has 2 aromatic rings. The fourth-order valence-electron chi connectivity index (χ4n) is 1.49. The van der Waals surface area contributed by atoms with Crippen LogP contribution in [0.2, 0.25) is 0 Å². The Hall–Kier alpha value is -2.42. The molecule has 0 amide bonds. The van der Waals surface area contributed by atoms with Gasteiger partial charge in [-0.1, -0.05) is 12.1 Å². The van der Waals surface area contributed by atoms with Crippen LogP contribution in [0.5, 0.6) is 0 Å². The van der Waals surface area contributed by atoms with Crippen molar-refractivity contribution in [3.63, 3.8) is 0 Å². The second-order valence-corrected chi connectivity index (χ2v) is 3.70. The number of aromatic nitrogens is 2. The number of hydrogen-bond donors (Lipinski definition) is 3. The number of hydrazine groups is 1. The van der Waals surface area contributed by atoms with Crippen LogP contribution in [0.4, 0.5) is 35.0 Å². The Kier molecular flexibility index (Phi) is 3.70. The van der Waals surface area contributed by atoms with E-state index in [1.165, 1.54) is 18.2 Å². The van der Waals surface area contributed by atoms with Crippen molar-refractivity contribution in [2.45, 2.75) is 6.18 Å². The molecule has 1 aromatic carbocycles. The van der Waals surface area contributed by atoms with Crippen LogP contribution < -0.4 is 16.6 Å². The van der Waals surface area contributed by atoms with Crippen LogP contribution in [0.15, 0.2) is 30.5 Å². The number of alkyl halides is 3. The van der Waals surface area contributed by atoms with Gasteiger partial charge in [0.1, 0.15) is 0 Å². The molecule has 0 fully saturated rings. The molecule has 0 saturated heterocycles. The van der Waals surface area contributed by atoms with E-state index in [0.717, 1.165) is 12.3 Å². The van der Waals surface area contributed by atoms with Crippen molar-refractivity contribution in [2.24, 2.45) is 5.84 Å². The zero-order valence-electron chi connectivity index (χ0n) is 9.87. The number of para-hydroxylation sites is 1. The second kappa shape index (κ2) is 5.29. The minimum atomic E-state index is -4.57. The molecule has 0 radical (unpaired) electrons. The summed E-state index contributed by atoms with van der Waals surface area (Å²) in [6.07, 6.45) is -3.78. The first-order chi connectivity index (χ1) is 9.41. The summed E-state index contributed by atoms with van der Waals surface area (Å²) in [4.78, 5) is 7.09. The van der Waals surface area contributed by atoms with Gasteiger partial charge >= 0.3 is 6.18 Å². The highest BCUT2D eigenvalue weighted by Crippen LogP contribution is 2.35. The Morgan fingerprint density at radius 2 is 1.85 bits per heavy atom. The van der Waals surface area contributed by atoms with Crippen molar-refractivity contribution in [3.05, 3.63) is 41.8 Å². The largest absolute Gasteiger partial charge is 0.418 e. The summed E-state index contributed by atoms with van der Waals surface area (Å²) < 4.78 is 51.9. The van der Waals surface area contributed by atoms with Crippen LogP contribution >= 0.6 is 0 Å². The third-order valence-electron chi connectivity index (χ3n) is 2.36. The van der Waals surface area contributed by atoms with E-state index in [9.17, 15) is 17.6 Å². The molecular weight excluding hydrogens is 278 g/mol. The van der Waals surface area contributed by atoms with E-state index in [0.29, 0.717) is 0 Å². The van der Waals surface area contributed by atoms with Gasteiger partial charge in [-0.15, -0.1) is 0 Å². The molecule has 1 aromatic heterocycles. The van der Waals surface area contributed by atoms with Crippen LogP contribution in [0, 0.1) is 5.82 Å². The molecule has 0 unspecified atom stereocenters. The zero-order valence-corrected chi connectivity index (χ0v) is 9.87. The summed E-state index contributed by atoms with van der Waals surface area (Å²) >= 11 is 0. The van der Waals surface area contributed by atoms with Gasteiger partial charge in [-0.2, -0.15) is 18.2 Å². The molecule has 20 heavy (non-hydrogen) atoms. The molecule has 5 nitrogen and oxygen atoms in total. The zero-order chi connectivity index (χ0) is 14.8. The van der Waals surface area contributed by atoms with Crippen molar-refractivity contribution >= 4 is 17.5 Å². The summed E-state index contributed by atoms with van der Waals surface area (Å²) in [6, 6.07) is 4.67. The summed E-state index contributed by atoms with van der Waals surface area (Å²) in [5.74, 6) is 3.62. The third-order valence-corrected chi connectivity index (χ3v) is 2.36. The highest BCUT2D eigenvalue weighted by molar-refractivity contribution is 5.62. The SMILES string of the molecule is NNc1ncc(F)c(Nc2ccccc2C(F)(F)F)n1. The molecule has 9 heteroatoms. The minimum Gasteiger partial charge on any atom is -0.337 e. The fourth-order valence-corrected chi connectivity index (χ4v) is 1.49. The molecule has 4 N–H and O–H groups in total. The minimum absolute atomic E-state index is 0.126. The van der Waals surface area contributed by atoms with Crippen molar-refractivity contribution in [2.75, 3.05) is 10.7 Å². The van der Waals surface area contributed by atoms with Crippen molar-refractivity contribution in [1.82, 2.24) is 9.97 Å². The predicted molar refractivity (Wildman–Crippen MR) is 64.5 cm³/mol. The molecule has 0 spiro atoms. The molecule has 0 atom stereocenters. The maximum absolute atomic E-state index is 13.5. The average Bonchev–Trinajstić information content (AvgIpc) is 2.41. The predicted octanol–water partition coefficient (Wildman–Crippen LogP) is 2.66. The van der Waals surface area contributed by atoms with Gasteiger partial charge < -0.3 is 5.32 Å². The number of benzene rings is 1. The van der Waals surface area contributed by atoms with E-state index in [2.05, 4.69) is 20.7 Å². The number of nitrogens with two attached hydrogens (primary N) is 1. The van der Waals surface area contributed by atoms with Crippen molar-refractivity contribution < 1.29 is 17.6 Å². The highest BCUT2D eigenvalue weighted by atomic mass is 19.4. The smallest absolute Gasteiger partial charge is 0.337 e. The van der Waals surface area contributed by atoms with E-state index < -0.39 is 23.4 Å². The number of halogens is 4. The van der Waals surface area contributed by atoms with Gasteiger partial charge in [0.25, 0.3) is 0 Å². The lowest BCUT2D eigenvalue weighted by Crippen LogP contribution is -2.13. The quantitative estimate of drug-likeness (QED) is 0.459. The van der Waals surface area contributed by atoms with Gasteiger partial charge in [0.15, 0.2) is 11.6 Å². The van der Waals surface area contributed by atoms with E-state index >= 15 is 0 Å². The maximum atomic E-state index is 13.5. The van der Waals surface area contributed by atoms with E-state index in [1.807, 2.05) is 0 Å². The van der Waals surface area contributed by atoms with Crippen LogP contribution in [0.1, 0.15) is 5.56 Å². The van der Waals surface area contributed by atoms with Gasteiger partial charge in [0.05, 0.1) is 17.4 Å². The molecule has 0 aliphatic carbocycles. The maximum Gasteiger partial charge on any atom is 0.418 e. The Morgan fingerprint density at radius 1 is 1.15 bits per heavy atom.